The number of amides is 1. The van der Waals surface area contributed by atoms with E-state index in [1.165, 1.54) is 6.08 Å². The third-order valence-corrected chi connectivity index (χ3v) is 5.63. The van der Waals surface area contributed by atoms with E-state index in [1.807, 2.05) is 24.5 Å². The molecular weight excluding hydrogens is 380 g/mol. The summed E-state index contributed by atoms with van der Waals surface area (Å²) in [6, 6.07) is 3.92. The second-order valence-corrected chi connectivity index (χ2v) is 7.29. The summed E-state index contributed by atoms with van der Waals surface area (Å²) in [5.41, 5.74) is 1.77. The molecule has 27 heavy (non-hydrogen) atoms. The fourth-order valence-electron chi connectivity index (χ4n) is 3.15. The number of aromatic nitrogens is 2. The van der Waals surface area contributed by atoms with Gasteiger partial charge in [-0.25, -0.2) is 9.97 Å². The van der Waals surface area contributed by atoms with E-state index in [1.54, 1.807) is 29.1 Å². The van der Waals surface area contributed by atoms with E-state index in [2.05, 4.69) is 28.0 Å². The number of nitrogens with zero attached hydrogens (tertiary/aromatic N) is 4. The summed E-state index contributed by atoms with van der Waals surface area (Å²) < 4.78 is 0. The lowest BCUT2D eigenvalue weighted by molar-refractivity contribution is -0.126. The highest BCUT2D eigenvalue weighted by atomic mass is 35.5. The summed E-state index contributed by atoms with van der Waals surface area (Å²) in [5.74, 6) is 0.811. The fourth-order valence-corrected chi connectivity index (χ4v) is 4.09. The van der Waals surface area contributed by atoms with Crippen LogP contribution in [0, 0.1) is 0 Å². The number of hydrogen-bond acceptors (Lipinski definition) is 5. The molecule has 0 spiro atoms. The van der Waals surface area contributed by atoms with Crippen LogP contribution in [0.2, 0.25) is 5.02 Å². The Balaban J connectivity index is 1.95. The molecule has 2 heterocycles. The quantitative estimate of drug-likeness (QED) is 0.560. The number of hydrogen-bond donors (Lipinski definition) is 0. The van der Waals surface area contributed by atoms with Crippen LogP contribution < -0.4 is 4.90 Å². The van der Waals surface area contributed by atoms with Crippen molar-refractivity contribution in [1.82, 2.24) is 14.9 Å². The Morgan fingerprint density at radius 3 is 2.59 bits per heavy atom. The topological polar surface area (TPSA) is 49.3 Å². The molecule has 1 aliphatic rings. The van der Waals surface area contributed by atoms with Gasteiger partial charge in [-0.15, -0.1) is 11.8 Å². The zero-order chi connectivity index (χ0) is 19.4. The third-order valence-electron chi connectivity index (χ3n) is 4.52. The first kappa shape index (κ1) is 19.5. The Morgan fingerprint density at radius 1 is 1.22 bits per heavy atom. The van der Waals surface area contributed by atoms with E-state index < -0.39 is 0 Å². The third kappa shape index (κ3) is 4.01. The van der Waals surface area contributed by atoms with Crippen molar-refractivity contribution in [3.8, 4) is 0 Å². The molecular formula is C20H21ClN4OS. The van der Waals surface area contributed by atoms with Gasteiger partial charge in [-0.05, 0) is 30.5 Å². The molecule has 1 saturated heterocycles. The molecule has 1 aliphatic heterocycles. The molecule has 1 fully saturated rings. The Bertz CT molecular complexity index is 920. The second kappa shape index (κ2) is 8.59. The predicted octanol–water partition coefficient (Wildman–Crippen LogP) is 4.01. The van der Waals surface area contributed by atoms with E-state index in [0.717, 1.165) is 27.2 Å². The molecule has 1 aromatic carbocycles. The standard InChI is InChI=1S/C20H21ClN4OS/c1-4-6-18(27-3)14-12-17-15(11-16(14)21)20(23-13-22-17)25-9-7-24(8-10-25)19(26)5-2/h4-6,11-13H,1-2,7-10H2,3H3/b18-6-. The van der Waals surface area contributed by atoms with Gasteiger partial charge in [0.15, 0.2) is 0 Å². The SMILES string of the molecule is C=C/C=C(\SC)c1cc2ncnc(N3CCN(C(=O)C=C)CC3)c2cc1Cl. The number of piperazine rings is 1. The maximum absolute atomic E-state index is 11.8. The number of carbonyl (C=O) groups is 1. The van der Waals surface area contributed by atoms with Crippen LogP contribution in [0.1, 0.15) is 5.56 Å². The number of carbonyl (C=O) groups excluding carboxylic acids is 1. The monoisotopic (exact) mass is 400 g/mol. The lowest BCUT2D eigenvalue weighted by atomic mass is 10.1. The molecule has 2 aromatic rings. The normalized spacial score (nSPS) is 15.1. The summed E-state index contributed by atoms with van der Waals surface area (Å²) >= 11 is 8.19. The first-order chi connectivity index (χ1) is 13.1. The minimum absolute atomic E-state index is 0.0338. The summed E-state index contributed by atoms with van der Waals surface area (Å²) in [6.07, 6.45) is 8.63. The fraction of sp³-hybridized carbons (Fsp3) is 0.250. The van der Waals surface area contributed by atoms with E-state index >= 15 is 0 Å². The summed E-state index contributed by atoms with van der Waals surface area (Å²) in [6.45, 7) is 10.0. The van der Waals surface area contributed by atoms with E-state index in [-0.39, 0.29) is 5.91 Å². The van der Waals surface area contributed by atoms with Gasteiger partial charge in [-0.3, -0.25) is 4.79 Å². The Labute approximate surface area is 168 Å². The molecule has 0 bridgehead atoms. The van der Waals surface area contributed by atoms with Crippen LogP contribution in [0.5, 0.6) is 0 Å². The Hall–Kier alpha value is -2.31. The number of benzene rings is 1. The molecule has 0 aliphatic carbocycles. The maximum atomic E-state index is 11.8. The highest BCUT2D eigenvalue weighted by Gasteiger charge is 2.22. The van der Waals surface area contributed by atoms with Gasteiger partial charge in [-0.2, -0.15) is 0 Å². The van der Waals surface area contributed by atoms with Crippen LogP contribution in [-0.2, 0) is 4.79 Å². The van der Waals surface area contributed by atoms with Crippen molar-refractivity contribution in [1.29, 1.82) is 0 Å². The largest absolute Gasteiger partial charge is 0.352 e. The average Bonchev–Trinajstić information content (AvgIpc) is 2.71. The molecule has 1 amide bonds. The predicted molar refractivity (Wildman–Crippen MR) is 115 cm³/mol. The number of fused-ring (bicyclic) bond motifs is 1. The number of anilines is 1. The molecule has 0 atom stereocenters. The van der Waals surface area contributed by atoms with Crippen molar-refractivity contribution in [3.63, 3.8) is 0 Å². The lowest BCUT2D eigenvalue weighted by Gasteiger charge is -2.35. The van der Waals surface area contributed by atoms with Gasteiger partial charge in [0.05, 0.1) is 5.52 Å². The summed E-state index contributed by atoms with van der Waals surface area (Å²) in [7, 11) is 0. The van der Waals surface area contributed by atoms with Crippen LogP contribution in [0.4, 0.5) is 5.82 Å². The van der Waals surface area contributed by atoms with Crippen LogP contribution in [-0.4, -0.2) is 53.2 Å². The van der Waals surface area contributed by atoms with Crippen LogP contribution in [0.25, 0.3) is 15.8 Å². The van der Waals surface area contributed by atoms with Gasteiger partial charge in [0.1, 0.15) is 12.1 Å². The van der Waals surface area contributed by atoms with Crippen molar-refractivity contribution in [2.24, 2.45) is 0 Å². The van der Waals surface area contributed by atoms with Gasteiger partial charge in [0.2, 0.25) is 5.91 Å². The molecule has 140 valence electrons. The number of allylic oxidation sites excluding steroid dienone is 2. The molecule has 7 heteroatoms. The lowest BCUT2D eigenvalue weighted by Crippen LogP contribution is -2.48. The molecule has 3 rings (SSSR count). The van der Waals surface area contributed by atoms with Gasteiger partial charge in [0.25, 0.3) is 0 Å². The van der Waals surface area contributed by atoms with Crippen LogP contribution >= 0.6 is 23.4 Å². The van der Waals surface area contributed by atoms with E-state index in [9.17, 15) is 4.79 Å². The van der Waals surface area contributed by atoms with Gasteiger partial charge in [-0.1, -0.05) is 30.8 Å². The molecule has 0 saturated carbocycles. The number of rotatable bonds is 5. The zero-order valence-electron chi connectivity index (χ0n) is 15.2. The van der Waals surface area contributed by atoms with Crippen molar-refractivity contribution < 1.29 is 4.79 Å². The van der Waals surface area contributed by atoms with Crippen molar-refractivity contribution in [2.45, 2.75) is 0 Å². The smallest absolute Gasteiger partial charge is 0.246 e. The second-order valence-electron chi connectivity index (χ2n) is 6.03. The van der Waals surface area contributed by atoms with E-state index in [0.29, 0.717) is 31.2 Å². The van der Waals surface area contributed by atoms with Crippen LogP contribution in [0.3, 0.4) is 0 Å². The molecule has 0 unspecified atom stereocenters. The minimum atomic E-state index is -0.0338. The van der Waals surface area contributed by atoms with Crippen molar-refractivity contribution in [2.75, 3.05) is 37.3 Å². The highest BCUT2D eigenvalue weighted by molar-refractivity contribution is 8.07. The first-order valence-electron chi connectivity index (χ1n) is 8.56. The van der Waals surface area contributed by atoms with Gasteiger partial charge in [0, 0.05) is 47.1 Å². The molecule has 0 radical (unpaired) electrons. The average molecular weight is 401 g/mol. The molecule has 1 aromatic heterocycles. The highest BCUT2D eigenvalue weighted by Crippen LogP contribution is 2.36. The van der Waals surface area contributed by atoms with Crippen molar-refractivity contribution in [3.05, 3.63) is 60.4 Å². The minimum Gasteiger partial charge on any atom is -0.352 e. The van der Waals surface area contributed by atoms with Crippen LogP contribution in [0.15, 0.2) is 49.8 Å². The first-order valence-corrected chi connectivity index (χ1v) is 10.2. The number of halogens is 1. The van der Waals surface area contributed by atoms with Crippen molar-refractivity contribution >= 4 is 50.9 Å². The Morgan fingerprint density at radius 2 is 1.96 bits per heavy atom. The molecule has 5 nitrogen and oxygen atoms in total. The number of thioether (sulfide) groups is 1. The summed E-state index contributed by atoms with van der Waals surface area (Å²) in [5, 5.41) is 1.57. The molecule has 0 N–H and O–H groups in total. The van der Waals surface area contributed by atoms with E-state index in [4.69, 9.17) is 11.6 Å². The maximum Gasteiger partial charge on any atom is 0.246 e. The summed E-state index contributed by atoms with van der Waals surface area (Å²) in [4.78, 5) is 25.7. The van der Waals surface area contributed by atoms with Gasteiger partial charge < -0.3 is 9.80 Å². The Kier molecular flexibility index (Phi) is 6.19. The zero-order valence-corrected chi connectivity index (χ0v) is 16.8. The van der Waals surface area contributed by atoms with Gasteiger partial charge >= 0.3 is 0 Å².